The molecule has 4 nitrogen and oxygen atoms in total. The fourth-order valence-corrected chi connectivity index (χ4v) is 2.62. The minimum Gasteiger partial charge on any atom is -0.268 e. The number of hydrogen-bond acceptors (Lipinski definition) is 3. The lowest BCUT2D eigenvalue weighted by molar-refractivity contribution is 0.844. The van der Waals surface area contributed by atoms with Crippen molar-refractivity contribution in [2.45, 2.75) is 19.8 Å². The van der Waals surface area contributed by atoms with Crippen LogP contribution in [0, 0.1) is 4.77 Å². The SMILES string of the molecule is CC(C)c1ccccc1-n1c(-c2cccnc2)n[nH]c1=S. The van der Waals surface area contributed by atoms with Crippen molar-refractivity contribution in [1.29, 1.82) is 0 Å². The molecule has 106 valence electrons. The predicted octanol–water partition coefficient (Wildman–Crippen LogP) is 4.12. The second-order valence-electron chi connectivity index (χ2n) is 5.14. The van der Waals surface area contributed by atoms with Gasteiger partial charge in [-0.1, -0.05) is 32.0 Å². The molecule has 0 aliphatic carbocycles. The van der Waals surface area contributed by atoms with Gasteiger partial charge < -0.3 is 0 Å². The Bertz CT molecular complexity index is 802. The number of H-pyrrole nitrogens is 1. The number of para-hydroxylation sites is 1. The van der Waals surface area contributed by atoms with Gasteiger partial charge in [0.1, 0.15) is 0 Å². The lowest BCUT2D eigenvalue weighted by atomic mass is 10.0. The summed E-state index contributed by atoms with van der Waals surface area (Å²) < 4.78 is 2.56. The Morgan fingerprint density at radius 2 is 1.95 bits per heavy atom. The van der Waals surface area contributed by atoms with Crippen molar-refractivity contribution >= 4 is 12.2 Å². The molecule has 1 aromatic carbocycles. The van der Waals surface area contributed by atoms with E-state index >= 15 is 0 Å². The summed E-state index contributed by atoms with van der Waals surface area (Å²) >= 11 is 5.43. The first-order valence-corrected chi connectivity index (χ1v) is 7.26. The maximum Gasteiger partial charge on any atom is 0.200 e. The number of nitrogens with zero attached hydrogens (tertiary/aromatic N) is 3. The second-order valence-corrected chi connectivity index (χ2v) is 5.53. The summed E-state index contributed by atoms with van der Waals surface area (Å²) in [5, 5.41) is 7.26. The van der Waals surface area contributed by atoms with E-state index in [4.69, 9.17) is 12.2 Å². The van der Waals surface area contributed by atoms with Gasteiger partial charge in [0.15, 0.2) is 10.6 Å². The minimum atomic E-state index is 0.403. The van der Waals surface area contributed by atoms with Crippen molar-refractivity contribution < 1.29 is 0 Å². The Labute approximate surface area is 128 Å². The summed E-state index contributed by atoms with van der Waals surface area (Å²) in [6.07, 6.45) is 3.54. The normalized spacial score (nSPS) is 11.0. The first kappa shape index (κ1) is 13.7. The highest BCUT2D eigenvalue weighted by atomic mass is 32.1. The Morgan fingerprint density at radius 3 is 2.67 bits per heavy atom. The van der Waals surface area contributed by atoms with E-state index < -0.39 is 0 Å². The molecule has 21 heavy (non-hydrogen) atoms. The van der Waals surface area contributed by atoms with E-state index in [-0.39, 0.29) is 0 Å². The summed E-state index contributed by atoms with van der Waals surface area (Å²) in [6.45, 7) is 4.35. The van der Waals surface area contributed by atoms with Gasteiger partial charge in [-0.25, -0.2) is 0 Å². The zero-order valence-corrected chi connectivity index (χ0v) is 12.8. The van der Waals surface area contributed by atoms with E-state index in [9.17, 15) is 0 Å². The third kappa shape index (κ3) is 2.52. The molecule has 0 aliphatic rings. The third-order valence-corrected chi connectivity index (χ3v) is 3.67. The number of pyridine rings is 1. The van der Waals surface area contributed by atoms with Gasteiger partial charge in [0.05, 0.1) is 5.69 Å². The number of aromatic amines is 1. The molecule has 3 rings (SSSR count). The van der Waals surface area contributed by atoms with Crippen LogP contribution in [0.5, 0.6) is 0 Å². The number of rotatable bonds is 3. The molecule has 2 aromatic heterocycles. The van der Waals surface area contributed by atoms with E-state index in [0.29, 0.717) is 10.7 Å². The van der Waals surface area contributed by atoms with Gasteiger partial charge in [0, 0.05) is 18.0 Å². The molecule has 2 heterocycles. The van der Waals surface area contributed by atoms with Crippen LogP contribution in [0.3, 0.4) is 0 Å². The fraction of sp³-hybridized carbons (Fsp3) is 0.188. The molecule has 0 atom stereocenters. The van der Waals surface area contributed by atoms with Crippen LogP contribution in [-0.4, -0.2) is 19.7 Å². The first-order valence-electron chi connectivity index (χ1n) is 6.85. The summed E-state index contributed by atoms with van der Waals surface area (Å²) in [7, 11) is 0. The van der Waals surface area contributed by atoms with E-state index in [2.05, 4.69) is 41.2 Å². The van der Waals surface area contributed by atoms with Crippen LogP contribution in [0.25, 0.3) is 17.1 Å². The Balaban J connectivity index is 2.26. The van der Waals surface area contributed by atoms with Crippen LogP contribution in [0.4, 0.5) is 0 Å². The first-order chi connectivity index (χ1) is 10.2. The van der Waals surface area contributed by atoms with Crippen LogP contribution in [0.15, 0.2) is 48.8 Å². The molecule has 0 saturated carbocycles. The molecule has 0 saturated heterocycles. The van der Waals surface area contributed by atoms with Crippen LogP contribution < -0.4 is 0 Å². The Kier molecular flexibility index (Phi) is 3.66. The zero-order valence-electron chi connectivity index (χ0n) is 11.9. The van der Waals surface area contributed by atoms with Crippen molar-refractivity contribution in [3.63, 3.8) is 0 Å². The summed E-state index contributed by atoms with van der Waals surface area (Å²) in [5.74, 6) is 1.18. The topological polar surface area (TPSA) is 46.5 Å². The molecular formula is C16H16N4S. The molecule has 3 aromatic rings. The van der Waals surface area contributed by atoms with Crippen molar-refractivity contribution in [2.24, 2.45) is 0 Å². The highest BCUT2D eigenvalue weighted by molar-refractivity contribution is 7.71. The standard InChI is InChI=1S/C16H16N4S/c1-11(2)13-7-3-4-8-14(13)20-15(18-19-16(20)21)12-6-5-9-17-10-12/h3-11H,1-2H3,(H,19,21). The van der Waals surface area contributed by atoms with Crippen LogP contribution in [-0.2, 0) is 0 Å². The Morgan fingerprint density at radius 1 is 1.14 bits per heavy atom. The molecular weight excluding hydrogens is 280 g/mol. The van der Waals surface area contributed by atoms with Crippen molar-refractivity contribution in [3.05, 3.63) is 59.1 Å². The van der Waals surface area contributed by atoms with Gasteiger partial charge in [0.25, 0.3) is 0 Å². The number of hydrogen-bond donors (Lipinski definition) is 1. The Hall–Kier alpha value is -2.27. The van der Waals surface area contributed by atoms with Gasteiger partial charge in [-0.05, 0) is 41.9 Å². The van der Waals surface area contributed by atoms with E-state index in [1.54, 1.807) is 12.4 Å². The molecule has 0 radical (unpaired) electrons. The maximum absolute atomic E-state index is 5.43. The molecule has 1 N–H and O–H groups in total. The van der Waals surface area contributed by atoms with E-state index in [0.717, 1.165) is 17.1 Å². The van der Waals surface area contributed by atoms with Gasteiger partial charge in [-0.3, -0.25) is 14.6 Å². The molecule has 0 aliphatic heterocycles. The lowest BCUT2D eigenvalue weighted by Gasteiger charge is -2.14. The molecule has 0 unspecified atom stereocenters. The number of aromatic nitrogens is 4. The summed E-state index contributed by atoms with van der Waals surface area (Å²) in [5.41, 5.74) is 3.23. The summed E-state index contributed by atoms with van der Waals surface area (Å²) in [4.78, 5) is 4.16. The second kappa shape index (κ2) is 5.61. The molecule has 0 bridgehead atoms. The zero-order chi connectivity index (χ0) is 14.8. The van der Waals surface area contributed by atoms with Gasteiger partial charge in [-0.15, -0.1) is 0 Å². The molecule has 0 fully saturated rings. The number of nitrogens with one attached hydrogen (secondary N) is 1. The quantitative estimate of drug-likeness (QED) is 0.740. The molecule has 0 amide bonds. The lowest BCUT2D eigenvalue weighted by Crippen LogP contribution is -2.03. The minimum absolute atomic E-state index is 0.403. The average Bonchev–Trinajstić information content (AvgIpc) is 2.89. The average molecular weight is 296 g/mol. The van der Waals surface area contributed by atoms with Crippen LogP contribution >= 0.6 is 12.2 Å². The van der Waals surface area contributed by atoms with Crippen molar-refractivity contribution in [1.82, 2.24) is 19.7 Å². The number of benzene rings is 1. The van der Waals surface area contributed by atoms with Crippen molar-refractivity contribution in [3.8, 4) is 17.1 Å². The van der Waals surface area contributed by atoms with E-state index in [1.807, 2.05) is 28.8 Å². The summed E-state index contributed by atoms with van der Waals surface area (Å²) in [6, 6.07) is 12.1. The fourth-order valence-electron chi connectivity index (χ4n) is 2.39. The maximum atomic E-state index is 5.43. The van der Waals surface area contributed by atoms with Gasteiger partial charge in [-0.2, -0.15) is 5.10 Å². The monoisotopic (exact) mass is 296 g/mol. The molecule has 0 spiro atoms. The van der Waals surface area contributed by atoms with Crippen molar-refractivity contribution in [2.75, 3.05) is 0 Å². The van der Waals surface area contributed by atoms with E-state index in [1.165, 1.54) is 5.56 Å². The third-order valence-electron chi connectivity index (χ3n) is 3.39. The van der Waals surface area contributed by atoms with Crippen LogP contribution in [0.1, 0.15) is 25.3 Å². The predicted molar refractivity (Wildman–Crippen MR) is 86.1 cm³/mol. The van der Waals surface area contributed by atoms with Gasteiger partial charge >= 0.3 is 0 Å². The highest BCUT2D eigenvalue weighted by Gasteiger charge is 2.14. The largest absolute Gasteiger partial charge is 0.268 e. The van der Waals surface area contributed by atoms with Gasteiger partial charge in [0.2, 0.25) is 0 Å². The smallest absolute Gasteiger partial charge is 0.200 e. The molecule has 5 heteroatoms. The highest BCUT2D eigenvalue weighted by Crippen LogP contribution is 2.27. The van der Waals surface area contributed by atoms with Crippen LogP contribution in [0.2, 0.25) is 0 Å².